The van der Waals surface area contributed by atoms with E-state index in [9.17, 15) is 5.11 Å². The van der Waals surface area contributed by atoms with Gasteiger partial charge >= 0.3 is 0 Å². The molecule has 0 radical (unpaired) electrons. The zero-order valence-corrected chi connectivity index (χ0v) is 15.3. The van der Waals surface area contributed by atoms with Crippen LogP contribution < -0.4 is 10.6 Å². The number of hydrogen-bond acceptors (Lipinski definition) is 3. The van der Waals surface area contributed by atoms with Crippen LogP contribution in [0.15, 0.2) is 53.0 Å². The SMILES string of the molecule is CNCc1ccc(CC(C)NCC(O)c2cccc(Br)c2)cc1. The van der Waals surface area contributed by atoms with E-state index in [1.807, 2.05) is 31.3 Å². The number of halogens is 1. The Balaban J connectivity index is 1.81. The van der Waals surface area contributed by atoms with Crippen LogP contribution in [0.5, 0.6) is 0 Å². The third-order valence-corrected chi connectivity index (χ3v) is 4.33. The summed E-state index contributed by atoms with van der Waals surface area (Å²) in [6.45, 7) is 3.59. The lowest BCUT2D eigenvalue weighted by atomic mass is 10.0. The van der Waals surface area contributed by atoms with E-state index < -0.39 is 6.10 Å². The lowest BCUT2D eigenvalue weighted by molar-refractivity contribution is 0.170. The molecule has 4 heteroatoms. The lowest BCUT2D eigenvalue weighted by Gasteiger charge is -2.18. The summed E-state index contributed by atoms with van der Waals surface area (Å²) in [4.78, 5) is 0. The molecule has 0 spiro atoms. The third kappa shape index (κ3) is 6.07. The minimum atomic E-state index is -0.493. The highest BCUT2D eigenvalue weighted by molar-refractivity contribution is 9.10. The Morgan fingerprint density at radius 3 is 2.43 bits per heavy atom. The second kappa shape index (κ2) is 9.18. The van der Waals surface area contributed by atoms with Gasteiger partial charge in [-0.1, -0.05) is 52.3 Å². The Morgan fingerprint density at radius 2 is 1.78 bits per heavy atom. The molecule has 0 fully saturated rings. The van der Waals surface area contributed by atoms with Crippen molar-refractivity contribution < 1.29 is 5.11 Å². The van der Waals surface area contributed by atoms with Gasteiger partial charge in [-0.25, -0.2) is 0 Å². The molecule has 2 atom stereocenters. The molecule has 23 heavy (non-hydrogen) atoms. The Labute approximate surface area is 147 Å². The molecule has 3 nitrogen and oxygen atoms in total. The fourth-order valence-corrected chi connectivity index (χ4v) is 2.98. The molecular formula is C19H25BrN2O. The second-order valence-electron chi connectivity index (χ2n) is 5.93. The summed E-state index contributed by atoms with van der Waals surface area (Å²) >= 11 is 3.44. The average Bonchev–Trinajstić information content (AvgIpc) is 2.55. The first-order valence-corrected chi connectivity index (χ1v) is 8.77. The van der Waals surface area contributed by atoms with Crippen molar-refractivity contribution in [2.24, 2.45) is 0 Å². The molecule has 0 aliphatic rings. The van der Waals surface area contributed by atoms with Crippen molar-refractivity contribution >= 4 is 15.9 Å². The van der Waals surface area contributed by atoms with Gasteiger partial charge in [0.25, 0.3) is 0 Å². The summed E-state index contributed by atoms with van der Waals surface area (Å²) in [6, 6.07) is 16.8. The van der Waals surface area contributed by atoms with E-state index in [2.05, 4.69) is 57.8 Å². The van der Waals surface area contributed by atoms with Gasteiger partial charge in [0.05, 0.1) is 6.10 Å². The van der Waals surface area contributed by atoms with Crippen molar-refractivity contribution in [3.8, 4) is 0 Å². The molecule has 2 aromatic rings. The van der Waals surface area contributed by atoms with E-state index in [0.717, 1.165) is 23.0 Å². The first-order valence-electron chi connectivity index (χ1n) is 7.98. The van der Waals surface area contributed by atoms with Gasteiger partial charge in [-0.05, 0) is 49.2 Å². The van der Waals surface area contributed by atoms with Crippen LogP contribution in [0.25, 0.3) is 0 Å². The highest BCUT2D eigenvalue weighted by Gasteiger charge is 2.10. The Hall–Kier alpha value is -1.20. The molecule has 2 rings (SSSR count). The molecule has 0 heterocycles. The van der Waals surface area contributed by atoms with Gasteiger partial charge in [-0.2, -0.15) is 0 Å². The van der Waals surface area contributed by atoms with Crippen molar-refractivity contribution in [2.75, 3.05) is 13.6 Å². The number of rotatable bonds is 8. The molecule has 2 unspecified atom stereocenters. The Morgan fingerprint density at radius 1 is 1.09 bits per heavy atom. The molecular weight excluding hydrogens is 352 g/mol. The van der Waals surface area contributed by atoms with Crippen molar-refractivity contribution in [1.82, 2.24) is 10.6 Å². The standard InChI is InChI=1S/C19H25BrN2O/c1-14(10-15-6-8-16(9-7-15)12-21-2)22-13-19(23)17-4-3-5-18(20)11-17/h3-9,11,14,19,21-23H,10,12-13H2,1-2H3. The van der Waals surface area contributed by atoms with Crippen LogP contribution in [-0.4, -0.2) is 24.7 Å². The number of hydrogen-bond donors (Lipinski definition) is 3. The van der Waals surface area contributed by atoms with Gasteiger partial charge in [0.2, 0.25) is 0 Å². The van der Waals surface area contributed by atoms with Crippen LogP contribution >= 0.6 is 15.9 Å². The predicted octanol–water partition coefficient (Wildman–Crippen LogP) is 3.42. The molecule has 0 aromatic heterocycles. The predicted molar refractivity (Wildman–Crippen MR) is 99.5 cm³/mol. The van der Waals surface area contributed by atoms with E-state index in [4.69, 9.17) is 0 Å². The van der Waals surface area contributed by atoms with Crippen LogP contribution in [-0.2, 0) is 13.0 Å². The van der Waals surface area contributed by atoms with E-state index in [-0.39, 0.29) is 0 Å². The van der Waals surface area contributed by atoms with Gasteiger partial charge < -0.3 is 15.7 Å². The summed E-state index contributed by atoms with van der Waals surface area (Å²) in [5, 5.41) is 16.8. The van der Waals surface area contributed by atoms with Crippen LogP contribution in [0.1, 0.15) is 29.7 Å². The molecule has 3 N–H and O–H groups in total. The second-order valence-corrected chi connectivity index (χ2v) is 6.85. The van der Waals surface area contributed by atoms with Crippen LogP contribution in [0.3, 0.4) is 0 Å². The molecule has 0 amide bonds. The largest absolute Gasteiger partial charge is 0.387 e. The zero-order valence-electron chi connectivity index (χ0n) is 13.7. The molecule has 124 valence electrons. The van der Waals surface area contributed by atoms with Crippen molar-refractivity contribution in [3.05, 3.63) is 69.7 Å². The Bertz CT molecular complexity index is 601. The first-order chi connectivity index (χ1) is 11.1. The summed E-state index contributed by atoms with van der Waals surface area (Å²) in [5.41, 5.74) is 3.53. The minimum absolute atomic E-state index is 0.312. The smallest absolute Gasteiger partial charge is 0.0914 e. The van der Waals surface area contributed by atoms with Crippen LogP contribution in [0.2, 0.25) is 0 Å². The highest BCUT2D eigenvalue weighted by Crippen LogP contribution is 2.17. The topological polar surface area (TPSA) is 44.3 Å². The first kappa shape index (κ1) is 18.1. The fourth-order valence-electron chi connectivity index (χ4n) is 2.57. The quantitative estimate of drug-likeness (QED) is 0.661. The zero-order chi connectivity index (χ0) is 16.7. The maximum absolute atomic E-state index is 10.3. The third-order valence-electron chi connectivity index (χ3n) is 3.84. The van der Waals surface area contributed by atoms with Gasteiger partial charge in [-0.15, -0.1) is 0 Å². The maximum Gasteiger partial charge on any atom is 0.0914 e. The summed E-state index contributed by atoms with van der Waals surface area (Å²) in [6.07, 6.45) is 0.457. The molecule has 2 aromatic carbocycles. The van der Waals surface area contributed by atoms with Crippen molar-refractivity contribution in [1.29, 1.82) is 0 Å². The van der Waals surface area contributed by atoms with Gasteiger partial charge in [-0.3, -0.25) is 0 Å². The fraction of sp³-hybridized carbons (Fsp3) is 0.368. The van der Waals surface area contributed by atoms with E-state index in [1.54, 1.807) is 0 Å². The van der Waals surface area contributed by atoms with E-state index in [1.165, 1.54) is 11.1 Å². The number of aliphatic hydroxyl groups excluding tert-OH is 1. The number of benzene rings is 2. The van der Waals surface area contributed by atoms with Crippen LogP contribution in [0.4, 0.5) is 0 Å². The van der Waals surface area contributed by atoms with Crippen LogP contribution in [0, 0.1) is 0 Å². The molecule has 0 bridgehead atoms. The van der Waals surface area contributed by atoms with Gasteiger partial charge in [0.1, 0.15) is 0 Å². The average molecular weight is 377 g/mol. The maximum atomic E-state index is 10.3. The molecule has 0 aliphatic heterocycles. The van der Waals surface area contributed by atoms with Gasteiger partial charge in [0, 0.05) is 23.6 Å². The van der Waals surface area contributed by atoms with Crippen molar-refractivity contribution in [3.63, 3.8) is 0 Å². The normalized spacial score (nSPS) is 13.7. The molecule has 0 aliphatic carbocycles. The summed E-state index contributed by atoms with van der Waals surface area (Å²) in [7, 11) is 1.95. The summed E-state index contributed by atoms with van der Waals surface area (Å²) < 4.78 is 0.990. The summed E-state index contributed by atoms with van der Waals surface area (Å²) in [5.74, 6) is 0. The highest BCUT2D eigenvalue weighted by atomic mass is 79.9. The van der Waals surface area contributed by atoms with E-state index in [0.29, 0.717) is 12.6 Å². The minimum Gasteiger partial charge on any atom is -0.387 e. The molecule has 0 saturated carbocycles. The monoisotopic (exact) mass is 376 g/mol. The number of aliphatic hydroxyl groups is 1. The molecule has 0 saturated heterocycles. The van der Waals surface area contributed by atoms with Crippen molar-refractivity contribution in [2.45, 2.75) is 32.0 Å². The lowest BCUT2D eigenvalue weighted by Crippen LogP contribution is -2.32. The number of nitrogens with one attached hydrogen (secondary N) is 2. The van der Waals surface area contributed by atoms with E-state index >= 15 is 0 Å². The Kier molecular flexibility index (Phi) is 7.24. The van der Waals surface area contributed by atoms with Gasteiger partial charge in [0.15, 0.2) is 0 Å².